The van der Waals surface area contributed by atoms with Gasteiger partial charge < -0.3 is 10.6 Å². The fraction of sp³-hybridized carbons (Fsp3) is 0.429. The molecule has 1 aliphatic carbocycles. The lowest BCUT2D eigenvalue weighted by Gasteiger charge is -2.30. The van der Waals surface area contributed by atoms with Crippen LogP contribution < -0.4 is 11.3 Å². The number of thiophene rings is 1. The maximum absolute atomic E-state index is 13.2. The van der Waals surface area contributed by atoms with Gasteiger partial charge in [0.25, 0.3) is 11.5 Å². The zero-order chi connectivity index (χ0) is 20.1. The molecule has 0 radical (unpaired) electrons. The summed E-state index contributed by atoms with van der Waals surface area (Å²) in [5.41, 5.74) is 7.29. The molecule has 0 unspecified atom stereocenters. The highest BCUT2D eigenvalue weighted by molar-refractivity contribution is 7.18. The molecule has 0 saturated carbocycles. The summed E-state index contributed by atoms with van der Waals surface area (Å²) < 4.78 is 1.51. The molecule has 8 heteroatoms. The standard InChI is InChI=1S/C21H22N4O3S/c22-17(26)12-7-10-24(11-8-12)20(27)14-5-3-9-25-18(14)23-19-16(21(25)28)13-4-1-2-6-15(13)29-19/h3,5,9,12H,1-2,4,6-8,10-11H2,(H2,22,26). The molecule has 3 aromatic heterocycles. The minimum atomic E-state index is -0.306. The number of piperidine rings is 1. The summed E-state index contributed by atoms with van der Waals surface area (Å²) in [6.07, 6.45) is 6.99. The second-order valence-corrected chi connectivity index (χ2v) is 8.98. The highest BCUT2D eigenvalue weighted by atomic mass is 32.1. The van der Waals surface area contributed by atoms with Crippen molar-refractivity contribution < 1.29 is 9.59 Å². The first-order chi connectivity index (χ1) is 14.0. The summed E-state index contributed by atoms with van der Waals surface area (Å²) in [6.45, 7) is 0.959. The molecule has 3 aromatic rings. The SMILES string of the molecule is NC(=O)C1CCN(C(=O)c2cccn3c(=O)c4c5c(sc4nc23)CCCC5)CC1. The Labute approximate surface area is 171 Å². The van der Waals surface area contributed by atoms with Crippen LogP contribution in [0.2, 0.25) is 0 Å². The smallest absolute Gasteiger partial charge is 0.266 e. The van der Waals surface area contributed by atoms with Gasteiger partial charge in [-0.25, -0.2) is 4.98 Å². The summed E-state index contributed by atoms with van der Waals surface area (Å²) in [6, 6.07) is 3.45. The monoisotopic (exact) mass is 410 g/mol. The molecular weight excluding hydrogens is 388 g/mol. The Morgan fingerprint density at radius 1 is 1.17 bits per heavy atom. The normalized spacial score (nSPS) is 17.6. The lowest BCUT2D eigenvalue weighted by Crippen LogP contribution is -2.42. The van der Waals surface area contributed by atoms with Crippen molar-refractivity contribution >= 4 is 39.0 Å². The van der Waals surface area contributed by atoms with E-state index in [4.69, 9.17) is 10.7 Å². The molecule has 0 bridgehead atoms. The molecule has 5 rings (SSSR count). The Hall–Kier alpha value is -2.74. The van der Waals surface area contributed by atoms with Gasteiger partial charge in [-0.3, -0.25) is 18.8 Å². The van der Waals surface area contributed by atoms with Gasteiger partial charge in [-0.1, -0.05) is 0 Å². The third kappa shape index (κ3) is 2.93. The first-order valence-electron chi connectivity index (χ1n) is 10.1. The number of hydrogen-bond donors (Lipinski definition) is 1. The number of fused-ring (bicyclic) bond motifs is 4. The van der Waals surface area contributed by atoms with Crippen molar-refractivity contribution in [3.8, 4) is 0 Å². The second-order valence-electron chi connectivity index (χ2n) is 7.89. The summed E-state index contributed by atoms with van der Waals surface area (Å²) in [5, 5.41) is 0.717. The number of primary amides is 1. The largest absolute Gasteiger partial charge is 0.369 e. The molecule has 0 aromatic carbocycles. The number of nitrogens with two attached hydrogens (primary N) is 1. The molecule has 4 heterocycles. The van der Waals surface area contributed by atoms with Crippen molar-refractivity contribution in [3.63, 3.8) is 0 Å². The van der Waals surface area contributed by atoms with Gasteiger partial charge in [-0.2, -0.15) is 0 Å². The molecule has 1 fully saturated rings. The van der Waals surface area contributed by atoms with Gasteiger partial charge in [0.1, 0.15) is 4.83 Å². The van der Waals surface area contributed by atoms with Gasteiger partial charge in [-0.05, 0) is 56.2 Å². The molecule has 150 valence electrons. The van der Waals surface area contributed by atoms with E-state index in [0.29, 0.717) is 42.5 Å². The van der Waals surface area contributed by atoms with E-state index in [1.165, 1.54) is 9.28 Å². The summed E-state index contributed by atoms with van der Waals surface area (Å²) in [7, 11) is 0. The minimum absolute atomic E-state index is 0.0912. The van der Waals surface area contributed by atoms with E-state index < -0.39 is 0 Å². The summed E-state index contributed by atoms with van der Waals surface area (Å²) in [5.74, 6) is -0.637. The van der Waals surface area contributed by atoms with E-state index >= 15 is 0 Å². The Morgan fingerprint density at radius 2 is 1.93 bits per heavy atom. The Bertz CT molecular complexity index is 1200. The first-order valence-corrected chi connectivity index (χ1v) is 10.9. The van der Waals surface area contributed by atoms with Gasteiger partial charge in [0.05, 0.1) is 10.9 Å². The van der Waals surface area contributed by atoms with Crippen LogP contribution in [0.5, 0.6) is 0 Å². The number of aryl methyl sites for hydroxylation is 2. The molecule has 7 nitrogen and oxygen atoms in total. The van der Waals surface area contributed by atoms with E-state index in [1.807, 2.05) is 0 Å². The van der Waals surface area contributed by atoms with E-state index in [2.05, 4.69) is 0 Å². The molecule has 0 atom stereocenters. The highest BCUT2D eigenvalue weighted by Crippen LogP contribution is 2.34. The van der Waals surface area contributed by atoms with Crippen LogP contribution in [0.15, 0.2) is 23.1 Å². The maximum Gasteiger partial charge on any atom is 0.266 e. The molecule has 2 amide bonds. The van der Waals surface area contributed by atoms with Crippen LogP contribution in [-0.2, 0) is 17.6 Å². The third-order valence-electron chi connectivity index (χ3n) is 6.17. The van der Waals surface area contributed by atoms with Crippen LogP contribution in [0.3, 0.4) is 0 Å². The van der Waals surface area contributed by atoms with E-state index in [9.17, 15) is 14.4 Å². The number of hydrogen-bond acceptors (Lipinski definition) is 5. The number of carbonyl (C=O) groups excluding carboxylic acids is 2. The van der Waals surface area contributed by atoms with Crippen LogP contribution in [0, 0.1) is 5.92 Å². The summed E-state index contributed by atoms with van der Waals surface area (Å²) in [4.78, 5) is 46.3. The van der Waals surface area contributed by atoms with Gasteiger partial charge in [0, 0.05) is 30.1 Å². The lowest BCUT2D eigenvalue weighted by molar-refractivity contribution is -0.123. The van der Waals surface area contributed by atoms with Gasteiger partial charge >= 0.3 is 0 Å². The van der Waals surface area contributed by atoms with E-state index in [1.54, 1.807) is 34.6 Å². The van der Waals surface area contributed by atoms with Crippen molar-refractivity contribution in [1.29, 1.82) is 0 Å². The molecule has 0 spiro atoms. The Kier molecular flexibility index (Phi) is 4.38. The fourth-order valence-electron chi connectivity index (χ4n) is 4.55. The van der Waals surface area contributed by atoms with E-state index in [0.717, 1.165) is 36.1 Å². The Morgan fingerprint density at radius 3 is 2.69 bits per heavy atom. The average molecular weight is 410 g/mol. The number of amides is 2. The van der Waals surface area contributed by atoms with Crippen LogP contribution in [0.25, 0.3) is 15.9 Å². The Balaban J connectivity index is 1.58. The number of aromatic nitrogens is 2. The minimum Gasteiger partial charge on any atom is -0.369 e. The quantitative estimate of drug-likeness (QED) is 0.700. The molecule has 2 N–H and O–H groups in total. The molecule has 2 aliphatic rings. The van der Waals surface area contributed by atoms with Crippen LogP contribution >= 0.6 is 11.3 Å². The van der Waals surface area contributed by atoms with Crippen LogP contribution in [0.4, 0.5) is 0 Å². The first kappa shape index (κ1) is 18.3. The molecular formula is C21H22N4O3S. The van der Waals surface area contributed by atoms with Crippen molar-refractivity contribution in [2.75, 3.05) is 13.1 Å². The number of rotatable bonds is 2. The van der Waals surface area contributed by atoms with Crippen LogP contribution in [0.1, 0.15) is 46.5 Å². The van der Waals surface area contributed by atoms with Crippen LogP contribution in [-0.4, -0.2) is 39.2 Å². The van der Waals surface area contributed by atoms with E-state index in [-0.39, 0.29) is 23.3 Å². The molecule has 29 heavy (non-hydrogen) atoms. The molecule has 1 aliphatic heterocycles. The number of carbonyl (C=O) groups is 2. The van der Waals surface area contributed by atoms with Crippen molar-refractivity contribution in [2.45, 2.75) is 38.5 Å². The van der Waals surface area contributed by atoms with Gasteiger partial charge in [0.15, 0.2) is 5.65 Å². The zero-order valence-corrected chi connectivity index (χ0v) is 16.8. The van der Waals surface area contributed by atoms with Crippen molar-refractivity contribution in [2.24, 2.45) is 11.7 Å². The van der Waals surface area contributed by atoms with Crippen molar-refractivity contribution in [1.82, 2.24) is 14.3 Å². The average Bonchev–Trinajstić information content (AvgIpc) is 3.12. The van der Waals surface area contributed by atoms with Crippen molar-refractivity contribution in [3.05, 3.63) is 44.7 Å². The topological polar surface area (TPSA) is 97.8 Å². The maximum atomic E-state index is 13.2. The second kappa shape index (κ2) is 6.95. The predicted octanol–water partition coefficient (Wildman–Crippen LogP) is 2.13. The van der Waals surface area contributed by atoms with Gasteiger partial charge in [-0.15, -0.1) is 11.3 Å². The number of likely N-dealkylation sites (tertiary alicyclic amines) is 1. The molecule has 1 saturated heterocycles. The predicted molar refractivity (Wildman–Crippen MR) is 111 cm³/mol. The van der Waals surface area contributed by atoms with Gasteiger partial charge in [0.2, 0.25) is 5.91 Å². The zero-order valence-electron chi connectivity index (χ0n) is 16.0. The number of nitrogens with zero attached hydrogens (tertiary/aromatic N) is 3. The number of pyridine rings is 1. The summed E-state index contributed by atoms with van der Waals surface area (Å²) >= 11 is 1.59. The third-order valence-corrected chi connectivity index (χ3v) is 7.36. The fourth-order valence-corrected chi connectivity index (χ4v) is 5.80. The lowest BCUT2D eigenvalue weighted by atomic mass is 9.96. The highest BCUT2D eigenvalue weighted by Gasteiger charge is 2.28.